The van der Waals surface area contributed by atoms with Gasteiger partial charge >= 0.3 is 11.9 Å². The lowest BCUT2D eigenvalue weighted by Crippen LogP contribution is -2.15. The molecule has 0 aliphatic carbocycles. The standard InChI is InChI=1S/C9H15NO4/c1-10(2)6-3-7-14-9(13)5-4-8(11)12/h4-5H,3,6-7H2,1-2H3,(H,11,12). The maximum absolute atomic E-state index is 10.8. The third-order valence-electron chi connectivity index (χ3n) is 1.36. The number of carbonyl (C=O) groups excluding carboxylic acids is 1. The number of nitrogens with zero attached hydrogens (tertiary/aromatic N) is 1. The van der Waals surface area contributed by atoms with E-state index in [0.29, 0.717) is 6.61 Å². The summed E-state index contributed by atoms with van der Waals surface area (Å²) in [5, 5.41) is 8.21. The molecule has 0 saturated heterocycles. The van der Waals surface area contributed by atoms with Gasteiger partial charge in [-0.3, -0.25) is 0 Å². The minimum absolute atomic E-state index is 0.307. The Kier molecular flexibility index (Phi) is 6.39. The lowest BCUT2D eigenvalue weighted by Gasteiger charge is -2.08. The number of esters is 1. The van der Waals surface area contributed by atoms with Gasteiger partial charge in [-0.1, -0.05) is 0 Å². The Morgan fingerprint density at radius 2 is 2.00 bits per heavy atom. The highest BCUT2D eigenvalue weighted by molar-refractivity contribution is 5.90. The van der Waals surface area contributed by atoms with E-state index in [1.165, 1.54) is 0 Å². The molecule has 0 aromatic heterocycles. The van der Waals surface area contributed by atoms with Crippen LogP contribution >= 0.6 is 0 Å². The lowest BCUT2D eigenvalue weighted by molar-refractivity contribution is -0.138. The first-order valence-corrected chi connectivity index (χ1v) is 4.25. The topological polar surface area (TPSA) is 66.8 Å². The first-order chi connectivity index (χ1) is 6.52. The average molecular weight is 201 g/mol. The Hall–Kier alpha value is -1.36. The summed E-state index contributed by atoms with van der Waals surface area (Å²) in [6.45, 7) is 1.14. The monoisotopic (exact) mass is 201 g/mol. The molecule has 1 N–H and O–H groups in total. The Morgan fingerprint density at radius 3 is 2.50 bits per heavy atom. The number of carbonyl (C=O) groups is 2. The number of hydrogen-bond donors (Lipinski definition) is 1. The molecule has 14 heavy (non-hydrogen) atoms. The van der Waals surface area contributed by atoms with Crippen LogP contribution in [0.1, 0.15) is 6.42 Å². The molecule has 0 unspecified atom stereocenters. The second-order valence-electron chi connectivity index (χ2n) is 3.00. The second kappa shape index (κ2) is 7.08. The number of ether oxygens (including phenoxy) is 1. The molecule has 5 nitrogen and oxygen atoms in total. The van der Waals surface area contributed by atoms with Crippen molar-refractivity contribution in [1.82, 2.24) is 4.90 Å². The van der Waals surface area contributed by atoms with E-state index in [9.17, 15) is 9.59 Å². The Bertz CT molecular complexity index is 223. The van der Waals surface area contributed by atoms with E-state index in [-0.39, 0.29) is 0 Å². The molecule has 5 heteroatoms. The molecule has 0 heterocycles. The molecule has 0 radical (unpaired) electrons. The summed E-state index contributed by atoms with van der Waals surface area (Å²) >= 11 is 0. The van der Waals surface area contributed by atoms with E-state index in [1.807, 2.05) is 19.0 Å². The van der Waals surface area contributed by atoms with Gasteiger partial charge in [0.05, 0.1) is 6.61 Å². The van der Waals surface area contributed by atoms with Crippen molar-refractivity contribution in [2.24, 2.45) is 0 Å². The summed E-state index contributed by atoms with van der Waals surface area (Å²) in [4.78, 5) is 22.8. The predicted molar refractivity (Wildman–Crippen MR) is 50.9 cm³/mol. The Labute approximate surface area is 83.0 Å². The van der Waals surface area contributed by atoms with Crippen LogP contribution in [0.3, 0.4) is 0 Å². The molecule has 0 bridgehead atoms. The molecule has 0 aromatic rings. The van der Waals surface area contributed by atoms with Crippen LogP contribution in [-0.4, -0.2) is 49.2 Å². The summed E-state index contributed by atoms with van der Waals surface area (Å²) in [5.74, 6) is -1.78. The second-order valence-corrected chi connectivity index (χ2v) is 3.00. The van der Waals surface area contributed by atoms with Crippen molar-refractivity contribution >= 4 is 11.9 Å². The van der Waals surface area contributed by atoms with Gasteiger partial charge in [0, 0.05) is 18.7 Å². The zero-order valence-electron chi connectivity index (χ0n) is 8.40. The fourth-order valence-electron chi connectivity index (χ4n) is 0.741. The fraction of sp³-hybridized carbons (Fsp3) is 0.556. The summed E-state index contributed by atoms with van der Waals surface area (Å²) in [5.41, 5.74) is 0. The van der Waals surface area contributed by atoms with E-state index in [2.05, 4.69) is 0 Å². The largest absolute Gasteiger partial charge is 0.478 e. The Morgan fingerprint density at radius 1 is 1.36 bits per heavy atom. The van der Waals surface area contributed by atoms with Gasteiger partial charge < -0.3 is 14.7 Å². The zero-order chi connectivity index (χ0) is 11.0. The first-order valence-electron chi connectivity index (χ1n) is 4.25. The van der Waals surface area contributed by atoms with Crippen molar-refractivity contribution in [3.8, 4) is 0 Å². The maximum atomic E-state index is 10.8. The smallest absolute Gasteiger partial charge is 0.331 e. The van der Waals surface area contributed by atoms with Crippen molar-refractivity contribution in [3.63, 3.8) is 0 Å². The normalized spacial score (nSPS) is 10.8. The highest BCUT2D eigenvalue weighted by atomic mass is 16.5. The van der Waals surface area contributed by atoms with E-state index in [0.717, 1.165) is 25.1 Å². The van der Waals surface area contributed by atoms with Crippen molar-refractivity contribution in [3.05, 3.63) is 12.2 Å². The molecule has 0 saturated carbocycles. The summed E-state index contributed by atoms with van der Waals surface area (Å²) in [6.07, 6.45) is 2.39. The van der Waals surface area contributed by atoms with Crippen LogP contribution in [0.5, 0.6) is 0 Å². The van der Waals surface area contributed by atoms with Gasteiger partial charge in [0.15, 0.2) is 0 Å². The van der Waals surface area contributed by atoms with Crippen LogP contribution in [0, 0.1) is 0 Å². The summed E-state index contributed by atoms with van der Waals surface area (Å²) in [7, 11) is 3.85. The van der Waals surface area contributed by atoms with Gasteiger partial charge in [-0.15, -0.1) is 0 Å². The predicted octanol–water partition coefficient (Wildman–Crippen LogP) is 0.122. The van der Waals surface area contributed by atoms with E-state index < -0.39 is 11.9 Å². The molecular formula is C9H15NO4. The quantitative estimate of drug-likeness (QED) is 0.375. The van der Waals surface area contributed by atoms with Gasteiger partial charge in [-0.25, -0.2) is 9.59 Å². The Balaban J connectivity index is 3.50. The van der Waals surface area contributed by atoms with Gasteiger partial charge in [-0.2, -0.15) is 0 Å². The third kappa shape index (κ3) is 8.73. The van der Waals surface area contributed by atoms with Crippen molar-refractivity contribution in [2.75, 3.05) is 27.2 Å². The van der Waals surface area contributed by atoms with E-state index in [1.54, 1.807) is 0 Å². The number of hydrogen-bond acceptors (Lipinski definition) is 4. The summed E-state index contributed by atoms with van der Waals surface area (Å²) < 4.78 is 4.73. The summed E-state index contributed by atoms with van der Waals surface area (Å²) in [6, 6.07) is 0. The number of rotatable bonds is 6. The zero-order valence-corrected chi connectivity index (χ0v) is 8.40. The molecular weight excluding hydrogens is 186 g/mol. The van der Waals surface area contributed by atoms with Crippen LogP contribution < -0.4 is 0 Å². The molecule has 0 aliphatic heterocycles. The average Bonchev–Trinajstić information content (AvgIpc) is 2.08. The number of aliphatic carboxylic acids is 1. The van der Waals surface area contributed by atoms with Crippen molar-refractivity contribution in [2.45, 2.75) is 6.42 Å². The minimum Gasteiger partial charge on any atom is -0.478 e. The highest BCUT2D eigenvalue weighted by Crippen LogP contribution is 1.88. The van der Waals surface area contributed by atoms with Gasteiger partial charge in [0.1, 0.15) is 0 Å². The van der Waals surface area contributed by atoms with E-state index >= 15 is 0 Å². The van der Waals surface area contributed by atoms with Crippen molar-refractivity contribution < 1.29 is 19.4 Å². The SMILES string of the molecule is CN(C)CCCOC(=O)C=CC(=O)O. The van der Waals surface area contributed by atoms with Gasteiger partial charge in [-0.05, 0) is 20.5 Å². The van der Waals surface area contributed by atoms with Crippen LogP contribution in [0.2, 0.25) is 0 Å². The lowest BCUT2D eigenvalue weighted by atomic mass is 10.4. The molecule has 0 spiro atoms. The molecule has 0 fully saturated rings. The third-order valence-corrected chi connectivity index (χ3v) is 1.36. The van der Waals surface area contributed by atoms with Crippen molar-refractivity contribution in [1.29, 1.82) is 0 Å². The van der Waals surface area contributed by atoms with Crippen LogP contribution in [0.15, 0.2) is 12.2 Å². The first kappa shape index (κ1) is 12.6. The van der Waals surface area contributed by atoms with Gasteiger partial charge in [0.25, 0.3) is 0 Å². The van der Waals surface area contributed by atoms with Crippen LogP contribution in [0.25, 0.3) is 0 Å². The highest BCUT2D eigenvalue weighted by Gasteiger charge is 1.98. The molecule has 0 aromatic carbocycles. The van der Waals surface area contributed by atoms with E-state index in [4.69, 9.17) is 9.84 Å². The molecule has 0 aliphatic rings. The number of carboxylic acid groups (broad SMARTS) is 1. The number of carboxylic acids is 1. The van der Waals surface area contributed by atoms with Crippen LogP contribution in [-0.2, 0) is 14.3 Å². The fourth-order valence-corrected chi connectivity index (χ4v) is 0.741. The maximum Gasteiger partial charge on any atom is 0.331 e. The van der Waals surface area contributed by atoms with Crippen LogP contribution in [0.4, 0.5) is 0 Å². The van der Waals surface area contributed by atoms with Gasteiger partial charge in [0.2, 0.25) is 0 Å². The molecule has 0 amide bonds. The molecule has 80 valence electrons. The molecule has 0 rings (SSSR count). The molecule has 0 atom stereocenters. The minimum atomic E-state index is -1.16.